The molecule has 1 unspecified atom stereocenters. The number of rotatable bonds is 2. The topological polar surface area (TPSA) is 74.9 Å². The first-order valence-corrected chi connectivity index (χ1v) is 13.1. The van der Waals surface area contributed by atoms with Gasteiger partial charge in [0.1, 0.15) is 23.9 Å². The Hall–Kier alpha value is -3.39. The summed E-state index contributed by atoms with van der Waals surface area (Å²) in [7, 11) is 0. The van der Waals surface area contributed by atoms with Crippen molar-refractivity contribution in [2.75, 3.05) is 32.8 Å². The minimum absolute atomic E-state index is 0.0579. The molecule has 5 rings (SSSR count). The number of aromatic amines is 1. The predicted molar refractivity (Wildman–Crippen MR) is 139 cm³/mol. The number of para-hydroxylation sites is 2. The minimum atomic E-state index is -1.13. The van der Waals surface area contributed by atoms with Gasteiger partial charge >= 0.3 is 0 Å². The SMILES string of the molecule is CC(C)N1CCOc2ccccc2CCCCC2(CN(C(=O)c3cc4cccc(F)c4[nH]3)CCO2)C1=O. The summed E-state index contributed by atoms with van der Waals surface area (Å²) >= 11 is 0. The van der Waals surface area contributed by atoms with Crippen molar-refractivity contribution in [3.8, 4) is 5.75 Å². The van der Waals surface area contributed by atoms with Crippen LogP contribution >= 0.6 is 0 Å². The van der Waals surface area contributed by atoms with Gasteiger partial charge in [-0.2, -0.15) is 0 Å². The molecule has 1 N–H and O–H groups in total. The minimum Gasteiger partial charge on any atom is -0.491 e. The second-order valence-corrected chi connectivity index (χ2v) is 10.2. The molecule has 3 heterocycles. The monoisotopic (exact) mass is 507 g/mol. The maximum absolute atomic E-state index is 14.2. The van der Waals surface area contributed by atoms with E-state index < -0.39 is 11.4 Å². The number of H-pyrrole nitrogens is 1. The lowest BCUT2D eigenvalue weighted by atomic mass is 9.90. The Bertz CT molecular complexity index is 1290. The normalized spacial score (nSPS) is 21.5. The van der Waals surface area contributed by atoms with Crippen LogP contribution in [0.15, 0.2) is 48.5 Å². The molecule has 1 aromatic heterocycles. The number of carbonyl (C=O) groups is 2. The number of ether oxygens (including phenoxy) is 2. The van der Waals surface area contributed by atoms with Gasteiger partial charge in [-0.1, -0.05) is 30.3 Å². The highest BCUT2D eigenvalue weighted by atomic mass is 19.1. The maximum atomic E-state index is 14.2. The van der Waals surface area contributed by atoms with E-state index >= 15 is 0 Å². The summed E-state index contributed by atoms with van der Waals surface area (Å²) in [6.07, 6.45) is 3.00. The molecule has 2 aliphatic rings. The molecule has 1 fully saturated rings. The highest BCUT2D eigenvalue weighted by molar-refractivity contribution is 5.98. The van der Waals surface area contributed by atoms with Crippen LogP contribution in [0.1, 0.15) is 49.2 Å². The number of hydrogen-bond acceptors (Lipinski definition) is 4. The highest BCUT2D eigenvalue weighted by Gasteiger charge is 2.47. The van der Waals surface area contributed by atoms with Gasteiger partial charge in [-0.3, -0.25) is 9.59 Å². The summed E-state index contributed by atoms with van der Waals surface area (Å²) in [5, 5.41) is 0.639. The Balaban J connectivity index is 1.41. The van der Waals surface area contributed by atoms with Crippen LogP contribution in [0.4, 0.5) is 4.39 Å². The molecule has 0 saturated carbocycles. The van der Waals surface area contributed by atoms with E-state index in [9.17, 15) is 14.0 Å². The Labute approximate surface area is 216 Å². The number of benzene rings is 2. The second-order valence-electron chi connectivity index (χ2n) is 10.2. The molecule has 1 spiro atoms. The van der Waals surface area contributed by atoms with Crippen molar-refractivity contribution in [1.29, 1.82) is 0 Å². The van der Waals surface area contributed by atoms with Crippen LogP contribution in [0.5, 0.6) is 5.75 Å². The zero-order valence-corrected chi connectivity index (χ0v) is 21.5. The quantitative estimate of drug-likeness (QED) is 0.552. The molecule has 0 bridgehead atoms. The van der Waals surface area contributed by atoms with Crippen molar-refractivity contribution in [3.63, 3.8) is 0 Å². The first-order chi connectivity index (χ1) is 17.9. The van der Waals surface area contributed by atoms with Gasteiger partial charge in [0, 0.05) is 18.0 Å². The van der Waals surface area contributed by atoms with Gasteiger partial charge in [0.05, 0.1) is 25.2 Å². The highest BCUT2D eigenvalue weighted by Crippen LogP contribution is 2.31. The number of nitrogens with one attached hydrogen (secondary N) is 1. The fourth-order valence-corrected chi connectivity index (χ4v) is 5.44. The molecule has 37 heavy (non-hydrogen) atoms. The Morgan fingerprint density at radius 2 is 1.92 bits per heavy atom. The van der Waals surface area contributed by atoms with Gasteiger partial charge in [0.25, 0.3) is 11.8 Å². The van der Waals surface area contributed by atoms with E-state index in [4.69, 9.17) is 9.47 Å². The summed E-state index contributed by atoms with van der Waals surface area (Å²) in [5.41, 5.74) is 0.645. The molecule has 1 saturated heterocycles. The fourth-order valence-electron chi connectivity index (χ4n) is 5.44. The zero-order chi connectivity index (χ0) is 26.0. The zero-order valence-electron chi connectivity index (χ0n) is 21.5. The third kappa shape index (κ3) is 5.07. The number of aromatic nitrogens is 1. The van der Waals surface area contributed by atoms with Crippen LogP contribution in [0.25, 0.3) is 10.9 Å². The maximum Gasteiger partial charge on any atom is 0.270 e. The molecule has 0 radical (unpaired) electrons. The largest absolute Gasteiger partial charge is 0.491 e. The van der Waals surface area contributed by atoms with Crippen LogP contribution in [0, 0.1) is 5.82 Å². The molecule has 2 aliphatic heterocycles. The Kier molecular flexibility index (Phi) is 7.20. The van der Waals surface area contributed by atoms with Crippen LogP contribution < -0.4 is 4.74 Å². The predicted octanol–water partition coefficient (Wildman–Crippen LogP) is 4.56. The van der Waals surface area contributed by atoms with Gasteiger partial charge in [0.15, 0.2) is 5.60 Å². The van der Waals surface area contributed by atoms with Gasteiger partial charge in [0.2, 0.25) is 0 Å². The van der Waals surface area contributed by atoms with Crippen LogP contribution in [-0.2, 0) is 16.0 Å². The lowest BCUT2D eigenvalue weighted by molar-refractivity contribution is -0.172. The van der Waals surface area contributed by atoms with Crippen LogP contribution in [0.3, 0.4) is 0 Å². The van der Waals surface area contributed by atoms with Crippen molar-refractivity contribution in [3.05, 3.63) is 65.6 Å². The number of carbonyl (C=O) groups excluding carboxylic acids is 2. The number of aryl methyl sites for hydroxylation is 1. The Morgan fingerprint density at radius 3 is 2.73 bits per heavy atom. The molecule has 2 aromatic carbocycles. The van der Waals surface area contributed by atoms with Crippen molar-refractivity contribution >= 4 is 22.7 Å². The lowest BCUT2D eigenvalue weighted by Crippen LogP contribution is -2.63. The van der Waals surface area contributed by atoms with Crippen molar-refractivity contribution in [1.82, 2.24) is 14.8 Å². The summed E-state index contributed by atoms with van der Waals surface area (Å²) in [6, 6.07) is 14.4. The summed E-state index contributed by atoms with van der Waals surface area (Å²) in [6.45, 7) is 5.54. The number of amides is 2. The van der Waals surface area contributed by atoms with Gasteiger partial charge in [-0.15, -0.1) is 0 Å². The van der Waals surface area contributed by atoms with Crippen molar-refractivity contribution in [2.45, 2.75) is 51.2 Å². The van der Waals surface area contributed by atoms with Crippen molar-refractivity contribution < 1.29 is 23.5 Å². The van der Waals surface area contributed by atoms with E-state index in [-0.39, 0.29) is 31.0 Å². The molecule has 3 aromatic rings. The number of hydrogen-bond donors (Lipinski definition) is 1. The first-order valence-electron chi connectivity index (χ1n) is 13.1. The van der Waals surface area contributed by atoms with E-state index in [0.29, 0.717) is 42.7 Å². The summed E-state index contributed by atoms with van der Waals surface area (Å²) < 4.78 is 26.6. The van der Waals surface area contributed by atoms with E-state index in [0.717, 1.165) is 30.6 Å². The fraction of sp³-hybridized carbons (Fsp3) is 0.448. The average molecular weight is 508 g/mol. The van der Waals surface area contributed by atoms with Crippen LogP contribution in [-0.4, -0.2) is 71.1 Å². The molecule has 7 nitrogen and oxygen atoms in total. The molecule has 196 valence electrons. The van der Waals surface area contributed by atoms with Crippen molar-refractivity contribution in [2.24, 2.45) is 0 Å². The molecule has 0 aliphatic carbocycles. The molecular formula is C29H34FN3O4. The number of morpholine rings is 1. The number of fused-ring (bicyclic) bond motifs is 2. The molecule has 8 heteroatoms. The molecule has 1 atom stereocenters. The van der Waals surface area contributed by atoms with Gasteiger partial charge in [-0.25, -0.2) is 4.39 Å². The molecular weight excluding hydrogens is 473 g/mol. The third-order valence-corrected chi connectivity index (χ3v) is 7.42. The van der Waals surface area contributed by atoms with E-state index in [2.05, 4.69) is 11.1 Å². The van der Waals surface area contributed by atoms with Crippen LogP contribution in [0.2, 0.25) is 0 Å². The average Bonchev–Trinajstić information content (AvgIpc) is 3.34. The second kappa shape index (κ2) is 10.5. The number of halogens is 1. The van der Waals surface area contributed by atoms with E-state index in [1.54, 1.807) is 28.0 Å². The van der Waals surface area contributed by atoms with E-state index in [1.165, 1.54) is 6.07 Å². The third-order valence-electron chi connectivity index (χ3n) is 7.42. The Morgan fingerprint density at radius 1 is 1.08 bits per heavy atom. The van der Waals surface area contributed by atoms with Gasteiger partial charge in [-0.05, 0) is 63.3 Å². The summed E-state index contributed by atoms with van der Waals surface area (Å²) in [4.78, 5) is 34.0. The standard InChI is InChI=1S/C29H34FN3O4/c1-20(2)33-15-16-36-25-12-4-3-8-21(25)9-5-6-13-29(28(33)35)19-32(14-17-37-29)27(34)24-18-22-10-7-11-23(30)26(22)31-24/h3-4,7-8,10-12,18,20,31H,5-6,9,13-17,19H2,1-2H3. The van der Waals surface area contributed by atoms with E-state index in [1.807, 2.05) is 32.0 Å². The smallest absolute Gasteiger partial charge is 0.270 e. The lowest BCUT2D eigenvalue weighted by Gasteiger charge is -2.45. The number of nitrogens with zero attached hydrogens (tertiary/aromatic N) is 2. The summed E-state index contributed by atoms with van der Waals surface area (Å²) in [5.74, 6) is 0.0981. The first kappa shape index (κ1) is 25.3. The molecule has 2 amide bonds. The van der Waals surface area contributed by atoms with Gasteiger partial charge < -0.3 is 24.3 Å².